The number of likely N-dealkylation sites (N-methyl/N-ethyl adjacent to an activating group) is 1. The maximum atomic E-state index is 9.17. The van der Waals surface area contributed by atoms with Crippen molar-refractivity contribution in [2.24, 2.45) is 0 Å². The summed E-state index contributed by atoms with van der Waals surface area (Å²) in [6.45, 7) is 6.56. The van der Waals surface area contributed by atoms with Gasteiger partial charge in [-0.3, -0.25) is 0 Å². The van der Waals surface area contributed by atoms with Crippen molar-refractivity contribution >= 4 is 21.6 Å². The molecule has 0 aliphatic carbocycles. The molecular formula is C16H22BrN3. The number of nitriles is 1. The fourth-order valence-corrected chi connectivity index (χ4v) is 3.30. The molecule has 20 heavy (non-hydrogen) atoms. The monoisotopic (exact) mass is 335 g/mol. The highest BCUT2D eigenvalue weighted by molar-refractivity contribution is 9.10. The van der Waals surface area contributed by atoms with Gasteiger partial charge in [0.25, 0.3) is 0 Å². The van der Waals surface area contributed by atoms with Gasteiger partial charge in [0.15, 0.2) is 0 Å². The standard InChI is InChI=1S/C16H22BrN3/c1-16(2)9-11-19(3)12-15(8-10-18)20(16)14-6-4-13(17)5-7-14/h4-7,15H,8-9,11-12H2,1-3H3. The Morgan fingerprint density at radius 1 is 1.35 bits per heavy atom. The molecule has 0 aromatic heterocycles. The van der Waals surface area contributed by atoms with Gasteiger partial charge >= 0.3 is 0 Å². The van der Waals surface area contributed by atoms with E-state index >= 15 is 0 Å². The molecule has 0 bridgehead atoms. The van der Waals surface area contributed by atoms with E-state index in [1.54, 1.807) is 0 Å². The number of benzene rings is 1. The van der Waals surface area contributed by atoms with Crippen molar-refractivity contribution in [1.29, 1.82) is 5.26 Å². The Kier molecular flexibility index (Phi) is 4.72. The summed E-state index contributed by atoms with van der Waals surface area (Å²) in [5.74, 6) is 0. The molecule has 1 aromatic carbocycles. The second-order valence-electron chi connectivity index (χ2n) is 6.19. The third kappa shape index (κ3) is 3.34. The van der Waals surface area contributed by atoms with Crippen LogP contribution in [0.4, 0.5) is 5.69 Å². The molecule has 1 aromatic rings. The Hall–Kier alpha value is -1.05. The highest BCUT2D eigenvalue weighted by Crippen LogP contribution is 2.33. The lowest BCUT2D eigenvalue weighted by Crippen LogP contribution is -2.50. The fraction of sp³-hybridized carbons (Fsp3) is 0.562. The zero-order valence-electron chi connectivity index (χ0n) is 12.4. The van der Waals surface area contributed by atoms with Gasteiger partial charge in [0.2, 0.25) is 0 Å². The summed E-state index contributed by atoms with van der Waals surface area (Å²) in [6.07, 6.45) is 1.66. The van der Waals surface area contributed by atoms with Gasteiger partial charge in [-0.05, 0) is 51.6 Å². The Bertz CT molecular complexity index is 489. The minimum Gasteiger partial charge on any atom is -0.361 e. The summed E-state index contributed by atoms with van der Waals surface area (Å²) < 4.78 is 1.09. The fourth-order valence-electron chi connectivity index (χ4n) is 3.04. The van der Waals surface area contributed by atoms with E-state index in [0.717, 1.165) is 24.0 Å². The molecule has 3 nitrogen and oxygen atoms in total. The van der Waals surface area contributed by atoms with Gasteiger partial charge < -0.3 is 9.80 Å². The lowest BCUT2D eigenvalue weighted by molar-refractivity contribution is 0.329. The predicted octanol–water partition coefficient (Wildman–Crippen LogP) is 3.65. The van der Waals surface area contributed by atoms with E-state index in [0.29, 0.717) is 6.42 Å². The van der Waals surface area contributed by atoms with Crippen molar-refractivity contribution in [1.82, 2.24) is 4.90 Å². The molecule has 4 heteroatoms. The van der Waals surface area contributed by atoms with E-state index in [9.17, 15) is 5.26 Å². The van der Waals surface area contributed by atoms with Crippen LogP contribution in [0.5, 0.6) is 0 Å². The Labute approximate surface area is 130 Å². The first-order chi connectivity index (χ1) is 9.44. The third-order valence-electron chi connectivity index (χ3n) is 4.08. The molecule has 0 amide bonds. The summed E-state index contributed by atoms with van der Waals surface area (Å²) in [4.78, 5) is 4.77. The van der Waals surface area contributed by atoms with Gasteiger partial charge in [-0.1, -0.05) is 15.9 Å². The van der Waals surface area contributed by atoms with Crippen LogP contribution in [0.1, 0.15) is 26.7 Å². The third-order valence-corrected chi connectivity index (χ3v) is 4.61. The highest BCUT2D eigenvalue weighted by Gasteiger charge is 2.36. The van der Waals surface area contributed by atoms with Gasteiger partial charge in [0.1, 0.15) is 0 Å². The SMILES string of the molecule is CN1CCC(C)(C)N(c2ccc(Br)cc2)C(CC#N)C1. The molecule has 1 fully saturated rings. The first-order valence-electron chi connectivity index (χ1n) is 7.04. The largest absolute Gasteiger partial charge is 0.361 e. The second-order valence-corrected chi connectivity index (χ2v) is 7.10. The number of anilines is 1. The number of nitrogens with zero attached hydrogens (tertiary/aromatic N) is 3. The number of halogens is 1. The lowest BCUT2D eigenvalue weighted by atomic mass is 9.95. The van der Waals surface area contributed by atoms with Gasteiger partial charge in [-0.25, -0.2) is 0 Å². The molecule has 108 valence electrons. The Morgan fingerprint density at radius 2 is 2.00 bits per heavy atom. The van der Waals surface area contributed by atoms with Crippen LogP contribution in [0.2, 0.25) is 0 Å². The first-order valence-corrected chi connectivity index (χ1v) is 7.84. The Morgan fingerprint density at radius 3 is 2.60 bits per heavy atom. The quantitative estimate of drug-likeness (QED) is 0.826. The molecule has 1 unspecified atom stereocenters. The van der Waals surface area contributed by atoms with Crippen molar-refractivity contribution in [2.75, 3.05) is 25.0 Å². The average molecular weight is 336 g/mol. The predicted molar refractivity (Wildman–Crippen MR) is 86.8 cm³/mol. The summed E-state index contributed by atoms with van der Waals surface area (Å²) in [7, 11) is 2.14. The zero-order valence-corrected chi connectivity index (χ0v) is 14.0. The van der Waals surface area contributed by atoms with E-state index in [2.05, 4.69) is 77.0 Å². The van der Waals surface area contributed by atoms with Crippen LogP contribution in [0.3, 0.4) is 0 Å². The lowest BCUT2D eigenvalue weighted by Gasteiger charge is -2.43. The molecule has 1 aliphatic rings. The normalized spacial score (nSPS) is 23.1. The molecule has 0 spiro atoms. The molecule has 0 radical (unpaired) electrons. The van der Waals surface area contributed by atoms with E-state index in [1.807, 2.05) is 0 Å². The summed E-state index contributed by atoms with van der Waals surface area (Å²) >= 11 is 3.49. The highest BCUT2D eigenvalue weighted by atomic mass is 79.9. The smallest absolute Gasteiger partial charge is 0.0643 e. The Balaban J connectivity index is 2.40. The van der Waals surface area contributed by atoms with Crippen LogP contribution in [-0.2, 0) is 0 Å². The average Bonchev–Trinajstić information content (AvgIpc) is 2.49. The summed E-state index contributed by atoms with van der Waals surface area (Å²) in [6, 6.07) is 11.0. The minimum atomic E-state index is 0.0557. The summed E-state index contributed by atoms with van der Waals surface area (Å²) in [5.41, 5.74) is 1.26. The van der Waals surface area contributed by atoms with Crippen molar-refractivity contribution < 1.29 is 0 Å². The van der Waals surface area contributed by atoms with Gasteiger partial charge in [-0.15, -0.1) is 0 Å². The van der Waals surface area contributed by atoms with Crippen molar-refractivity contribution in [3.63, 3.8) is 0 Å². The number of hydrogen-bond acceptors (Lipinski definition) is 3. The van der Waals surface area contributed by atoms with Crippen molar-refractivity contribution in [3.8, 4) is 6.07 Å². The van der Waals surface area contributed by atoms with Gasteiger partial charge in [-0.2, -0.15) is 5.26 Å². The van der Waals surface area contributed by atoms with Crippen LogP contribution < -0.4 is 4.90 Å². The topological polar surface area (TPSA) is 30.3 Å². The minimum absolute atomic E-state index is 0.0557. The van der Waals surface area contributed by atoms with E-state index in [1.165, 1.54) is 5.69 Å². The van der Waals surface area contributed by atoms with Crippen LogP contribution in [0.25, 0.3) is 0 Å². The van der Waals surface area contributed by atoms with Gasteiger partial charge in [0.05, 0.1) is 18.5 Å². The molecule has 0 saturated carbocycles. The van der Waals surface area contributed by atoms with E-state index < -0.39 is 0 Å². The van der Waals surface area contributed by atoms with Crippen LogP contribution in [0.15, 0.2) is 28.7 Å². The second kappa shape index (κ2) is 6.15. The molecule has 2 rings (SSSR count). The van der Waals surface area contributed by atoms with Crippen LogP contribution in [-0.4, -0.2) is 36.6 Å². The number of hydrogen-bond donors (Lipinski definition) is 0. The number of rotatable bonds is 2. The molecule has 1 aliphatic heterocycles. The zero-order chi connectivity index (χ0) is 14.8. The molecule has 0 N–H and O–H groups in total. The summed E-state index contributed by atoms with van der Waals surface area (Å²) in [5, 5.41) is 9.17. The molecule has 1 saturated heterocycles. The van der Waals surface area contributed by atoms with Crippen LogP contribution in [0, 0.1) is 11.3 Å². The van der Waals surface area contributed by atoms with E-state index in [-0.39, 0.29) is 11.6 Å². The van der Waals surface area contributed by atoms with Gasteiger partial charge in [0, 0.05) is 28.8 Å². The first kappa shape index (κ1) is 15.3. The molecule has 1 heterocycles. The van der Waals surface area contributed by atoms with Crippen LogP contribution >= 0.6 is 15.9 Å². The molecule has 1 atom stereocenters. The molecular weight excluding hydrogens is 314 g/mol. The van der Waals surface area contributed by atoms with Crippen molar-refractivity contribution in [3.05, 3.63) is 28.7 Å². The maximum Gasteiger partial charge on any atom is 0.0643 e. The maximum absolute atomic E-state index is 9.17. The van der Waals surface area contributed by atoms with E-state index in [4.69, 9.17) is 0 Å². The van der Waals surface area contributed by atoms with Crippen molar-refractivity contribution in [2.45, 2.75) is 38.3 Å².